The van der Waals surface area contributed by atoms with Gasteiger partial charge in [-0.05, 0) is 70.6 Å². The average molecular weight is 877 g/mol. The normalized spacial score (nSPS) is 12.7. The molecule has 0 bridgehead atoms. The van der Waals surface area contributed by atoms with Crippen molar-refractivity contribution >= 4 is 17.9 Å². The largest absolute Gasteiger partial charge is 0.462 e. The Morgan fingerprint density at radius 3 is 0.921 bits per heavy atom. The average Bonchev–Trinajstić information content (AvgIpc) is 3.28. The van der Waals surface area contributed by atoms with Crippen LogP contribution in [-0.2, 0) is 28.6 Å². The molecule has 0 aromatic rings. The molecule has 6 nitrogen and oxygen atoms in total. The number of esters is 3. The van der Waals surface area contributed by atoms with Gasteiger partial charge in [-0.3, -0.25) is 14.4 Å². The first-order valence-electron chi connectivity index (χ1n) is 26.2. The van der Waals surface area contributed by atoms with Crippen molar-refractivity contribution in [3.05, 3.63) is 85.1 Å². The van der Waals surface area contributed by atoms with E-state index in [4.69, 9.17) is 14.2 Å². The molecule has 0 aliphatic carbocycles. The lowest BCUT2D eigenvalue weighted by Gasteiger charge is -2.18. The highest BCUT2D eigenvalue weighted by Crippen LogP contribution is 2.14. The van der Waals surface area contributed by atoms with Crippen molar-refractivity contribution in [3.8, 4) is 0 Å². The highest BCUT2D eigenvalue weighted by Gasteiger charge is 2.19. The highest BCUT2D eigenvalue weighted by molar-refractivity contribution is 5.71. The van der Waals surface area contributed by atoms with Gasteiger partial charge in [0.2, 0.25) is 0 Å². The number of allylic oxidation sites excluding steroid dienone is 14. The molecule has 0 saturated heterocycles. The van der Waals surface area contributed by atoms with Gasteiger partial charge in [0.1, 0.15) is 13.2 Å². The Morgan fingerprint density at radius 1 is 0.317 bits per heavy atom. The summed E-state index contributed by atoms with van der Waals surface area (Å²) in [4.78, 5) is 37.9. The van der Waals surface area contributed by atoms with E-state index < -0.39 is 6.10 Å². The highest BCUT2D eigenvalue weighted by atomic mass is 16.6. The molecule has 0 heterocycles. The van der Waals surface area contributed by atoms with E-state index in [0.29, 0.717) is 19.3 Å². The van der Waals surface area contributed by atoms with Gasteiger partial charge in [-0.1, -0.05) is 234 Å². The zero-order chi connectivity index (χ0) is 45.8. The van der Waals surface area contributed by atoms with Crippen LogP contribution in [0.3, 0.4) is 0 Å². The predicted molar refractivity (Wildman–Crippen MR) is 270 cm³/mol. The fraction of sp³-hybridized carbons (Fsp3) is 0.702. The van der Waals surface area contributed by atoms with Gasteiger partial charge in [-0.15, -0.1) is 0 Å². The van der Waals surface area contributed by atoms with Gasteiger partial charge in [0, 0.05) is 19.3 Å². The number of carbonyl (C=O) groups excluding carboxylic acids is 3. The van der Waals surface area contributed by atoms with Crippen LogP contribution in [0.1, 0.15) is 239 Å². The van der Waals surface area contributed by atoms with Crippen LogP contribution < -0.4 is 0 Å². The molecular weight excluding hydrogens is 781 g/mol. The third kappa shape index (κ3) is 49.5. The van der Waals surface area contributed by atoms with Gasteiger partial charge >= 0.3 is 17.9 Å². The second kappa shape index (κ2) is 51.2. The Balaban J connectivity index is 4.43. The van der Waals surface area contributed by atoms with Crippen LogP contribution >= 0.6 is 0 Å². The van der Waals surface area contributed by atoms with Crippen molar-refractivity contribution < 1.29 is 28.6 Å². The van der Waals surface area contributed by atoms with Crippen molar-refractivity contribution in [2.45, 2.75) is 245 Å². The number of ether oxygens (including phenoxy) is 3. The fourth-order valence-corrected chi connectivity index (χ4v) is 7.04. The van der Waals surface area contributed by atoms with Gasteiger partial charge in [0.05, 0.1) is 0 Å². The Labute approximate surface area is 388 Å². The van der Waals surface area contributed by atoms with Crippen LogP contribution in [0.25, 0.3) is 0 Å². The molecule has 1 unspecified atom stereocenters. The topological polar surface area (TPSA) is 78.9 Å². The van der Waals surface area contributed by atoms with Crippen LogP contribution in [0.4, 0.5) is 0 Å². The fourth-order valence-electron chi connectivity index (χ4n) is 7.04. The van der Waals surface area contributed by atoms with E-state index in [1.165, 1.54) is 89.9 Å². The second-order valence-corrected chi connectivity index (χ2v) is 17.2. The monoisotopic (exact) mass is 877 g/mol. The Bertz CT molecular complexity index is 1240. The van der Waals surface area contributed by atoms with Crippen molar-refractivity contribution in [1.29, 1.82) is 0 Å². The van der Waals surface area contributed by atoms with E-state index in [9.17, 15) is 14.4 Å². The Morgan fingerprint density at radius 2 is 0.571 bits per heavy atom. The first-order valence-corrected chi connectivity index (χ1v) is 26.2. The quantitative estimate of drug-likeness (QED) is 0.0262. The summed E-state index contributed by atoms with van der Waals surface area (Å²) in [6, 6.07) is 0. The molecule has 360 valence electrons. The van der Waals surface area contributed by atoms with Crippen LogP contribution in [0.5, 0.6) is 0 Å². The molecule has 0 aliphatic rings. The minimum atomic E-state index is -0.795. The van der Waals surface area contributed by atoms with Gasteiger partial charge in [0.15, 0.2) is 6.10 Å². The molecular formula is C57H96O6. The zero-order valence-corrected chi connectivity index (χ0v) is 41.1. The minimum Gasteiger partial charge on any atom is -0.462 e. The summed E-state index contributed by atoms with van der Waals surface area (Å²) in [7, 11) is 0. The molecule has 63 heavy (non-hydrogen) atoms. The standard InChI is InChI=1S/C57H96O6/c1-4-7-10-13-16-19-21-23-25-27-29-31-33-35-38-41-44-47-50-56(59)62-53-54(52-61-55(58)49-46-43-40-37-18-15-12-9-6-3)63-57(60)51-48-45-42-39-36-34-32-30-28-26-24-22-20-17-14-11-8-5-2/h16,19,21-32,54H,4-15,17-18,20,33-53H2,1-3H3/b19-16-,23-21-,24-22-,27-25-,28-26-,31-29-,32-30-. The Hall–Kier alpha value is -3.41. The third-order valence-corrected chi connectivity index (χ3v) is 11.0. The van der Waals surface area contributed by atoms with Crippen molar-refractivity contribution in [2.24, 2.45) is 0 Å². The SMILES string of the molecule is CCCCC\C=C/C=C\C=C/C=C\CCCCCCCC(=O)OCC(COC(=O)CCCCCCCCCCC)OC(=O)CCCCCCC\C=C/C=C\C=C/CCCCCCC. The summed E-state index contributed by atoms with van der Waals surface area (Å²) in [6.07, 6.45) is 65.6. The minimum absolute atomic E-state index is 0.0924. The lowest BCUT2D eigenvalue weighted by molar-refractivity contribution is -0.167. The molecule has 0 aromatic carbocycles. The van der Waals surface area contributed by atoms with Crippen LogP contribution in [0.15, 0.2) is 85.1 Å². The number of hydrogen-bond acceptors (Lipinski definition) is 6. The molecule has 1 atom stereocenters. The van der Waals surface area contributed by atoms with Crippen molar-refractivity contribution in [3.63, 3.8) is 0 Å². The van der Waals surface area contributed by atoms with Gasteiger partial charge in [0.25, 0.3) is 0 Å². The first kappa shape index (κ1) is 59.6. The third-order valence-electron chi connectivity index (χ3n) is 11.0. The molecule has 0 radical (unpaired) electrons. The summed E-state index contributed by atoms with van der Waals surface area (Å²) >= 11 is 0. The summed E-state index contributed by atoms with van der Waals surface area (Å²) in [5.41, 5.74) is 0. The molecule has 0 aliphatic heterocycles. The molecule has 0 spiro atoms. The van der Waals surface area contributed by atoms with E-state index in [2.05, 4.69) is 106 Å². The van der Waals surface area contributed by atoms with Crippen LogP contribution in [0, 0.1) is 0 Å². The summed E-state index contributed by atoms with van der Waals surface area (Å²) in [6.45, 7) is 6.52. The number of rotatable bonds is 46. The predicted octanol–water partition coefficient (Wildman–Crippen LogP) is 17.2. The van der Waals surface area contributed by atoms with Gasteiger partial charge in [-0.25, -0.2) is 0 Å². The van der Waals surface area contributed by atoms with Crippen LogP contribution in [0.2, 0.25) is 0 Å². The molecule has 0 fully saturated rings. The molecule has 6 heteroatoms. The van der Waals surface area contributed by atoms with E-state index in [0.717, 1.165) is 109 Å². The second-order valence-electron chi connectivity index (χ2n) is 17.2. The molecule has 0 saturated carbocycles. The van der Waals surface area contributed by atoms with E-state index in [1.807, 2.05) is 0 Å². The van der Waals surface area contributed by atoms with Crippen LogP contribution in [-0.4, -0.2) is 37.2 Å². The molecule has 0 aromatic heterocycles. The summed E-state index contributed by atoms with van der Waals surface area (Å²) in [5, 5.41) is 0. The van der Waals surface area contributed by atoms with Gasteiger partial charge in [-0.2, -0.15) is 0 Å². The number of hydrogen-bond donors (Lipinski definition) is 0. The number of unbranched alkanes of at least 4 members (excludes halogenated alkanes) is 26. The first-order chi connectivity index (χ1) is 31.0. The molecule has 0 rings (SSSR count). The van der Waals surface area contributed by atoms with Crippen molar-refractivity contribution in [2.75, 3.05) is 13.2 Å². The maximum absolute atomic E-state index is 12.8. The lowest BCUT2D eigenvalue weighted by Crippen LogP contribution is -2.30. The number of carbonyl (C=O) groups is 3. The van der Waals surface area contributed by atoms with E-state index >= 15 is 0 Å². The lowest BCUT2D eigenvalue weighted by atomic mass is 10.1. The maximum atomic E-state index is 12.8. The molecule has 0 N–H and O–H groups in total. The van der Waals surface area contributed by atoms with Crippen molar-refractivity contribution in [1.82, 2.24) is 0 Å². The zero-order valence-electron chi connectivity index (χ0n) is 41.1. The van der Waals surface area contributed by atoms with E-state index in [-0.39, 0.29) is 31.1 Å². The smallest absolute Gasteiger partial charge is 0.306 e. The molecule has 0 amide bonds. The van der Waals surface area contributed by atoms with Gasteiger partial charge < -0.3 is 14.2 Å². The maximum Gasteiger partial charge on any atom is 0.306 e. The summed E-state index contributed by atoms with van der Waals surface area (Å²) in [5.74, 6) is -0.939. The Kier molecular flexibility index (Phi) is 48.5. The van der Waals surface area contributed by atoms with E-state index in [1.54, 1.807) is 0 Å². The summed E-state index contributed by atoms with van der Waals surface area (Å²) < 4.78 is 16.7.